The molecule has 0 bridgehead atoms. The van der Waals surface area contributed by atoms with Crippen LogP contribution < -0.4 is 0 Å². The Morgan fingerprint density at radius 2 is 2.00 bits per heavy atom. The average Bonchev–Trinajstić information content (AvgIpc) is 2.68. The van der Waals surface area contributed by atoms with Crippen molar-refractivity contribution >= 4 is 23.8 Å². The first kappa shape index (κ1) is 21.2. The highest BCUT2D eigenvalue weighted by Crippen LogP contribution is 2.39. The SMILES string of the molecule is CCOC(=O)C1C=NC(C)=C(C(=O)OCCOC)C1c1cccc([N+](=O)[O-])c1. The van der Waals surface area contributed by atoms with Crippen LogP contribution in [0.25, 0.3) is 0 Å². The van der Waals surface area contributed by atoms with Crippen molar-refractivity contribution < 1.29 is 28.7 Å². The van der Waals surface area contributed by atoms with E-state index < -0.39 is 28.7 Å². The van der Waals surface area contributed by atoms with Gasteiger partial charge in [0.1, 0.15) is 12.5 Å². The Morgan fingerprint density at radius 1 is 1.25 bits per heavy atom. The zero-order chi connectivity index (χ0) is 20.7. The fourth-order valence-electron chi connectivity index (χ4n) is 2.96. The molecule has 1 aromatic rings. The van der Waals surface area contributed by atoms with Crippen molar-refractivity contribution in [3.05, 3.63) is 51.2 Å². The minimum atomic E-state index is -0.907. The molecule has 0 aliphatic carbocycles. The number of hydrogen-bond acceptors (Lipinski definition) is 8. The summed E-state index contributed by atoms with van der Waals surface area (Å²) in [5.41, 5.74) is 0.820. The van der Waals surface area contributed by atoms with Gasteiger partial charge in [-0.15, -0.1) is 0 Å². The number of hydrogen-bond donors (Lipinski definition) is 0. The second-order valence-electron chi connectivity index (χ2n) is 6.01. The molecule has 2 atom stereocenters. The van der Waals surface area contributed by atoms with Crippen LogP contribution in [-0.4, -0.2) is 50.0 Å². The number of nitro groups is 1. The summed E-state index contributed by atoms with van der Waals surface area (Å²) in [6.07, 6.45) is 1.41. The molecule has 0 fully saturated rings. The lowest BCUT2D eigenvalue weighted by Gasteiger charge is -2.28. The Morgan fingerprint density at radius 3 is 2.64 bits per heavy atom. The minimum absolute atomic E-state index is 0.0293. The quantitative estimate of drug-likeness (QED) is 0.289. The molecule has 1 aromatic carbocycles. The lowest BCUT2D eigenvalue weighted by Crippen LogP contribution is -2.33. The average molecular weight is 390 g/mol. The van der Waals surface area contributed by atoms with E-state index in [1.807, 2.05) is 0 Å². The molecule has 2 rings (SSSR count). The molecule has 1 aliphatic rings. The second kappa shape index (κ2) is 9.75. The Bertz CT molecular complexity index is 816. The van der Waals surface area contributed by atoms with Crippen molar-refractivity contribution in [2.45, 2.75) is 19.8 Å². The molecule has 150 valence electrons. The van der Waals surface area contributed by atoms with Crippen LogP contribution in [0.15, 0.2) is 40.5 Å². The summed E-state index contributed by atoms with van der Waals surface area (Å²) in [6, 6.07) is 5.81. The van der Waals surface area contributed by atoms with E-state index in [-0.39, 0.29) is 31.1 Å². The van der Waals surface area contributed by atoms with Gasteiger partial charge in [0.25, 0.3) is 5.69 Å². The molecule has 0 amide bonds. The van der Waals surface area contributed by atoms with Crippen LogP contribution in [0.5, 0.6) is 0 Å². The Balaban J connectivity index is 2.50. The molecule has 0 aromatic heterocycles. The van der Waals surface area contributed by atoms with Crippen LogP contribution in [0.1, 0.15) is 25.3 Å². The number of non-ortho nitro benzene ring substituents is 1. The van der Waals surface area contributed by atoms with Crippen LogP contribution in [0.3, 0.4) is 0 Å². The molecule has 9 heteroatoms. The smallest absolute Gasteiger partial charge is 0.336 e. The van der Waals surface area contributed by atoms with E-state index in [9.17, 15) is 19.7 Å². The lowest BCUT2D eigenvalue weighted by molar-refractivity contribution is -0.384. The van der Waals surface area contributed by atoms with Crippen molar-refractivity contribution in [3.63, 3.8) is 0 Å². The Hall–Kier alpha value is -3.07. The lowest BCUT2D eigenvalue weighted by atomic mass is 9.78. The maximum atomic E-state index is 12.7. The maximum Gasteiger partial charge on any atom is 0.336 e. The molecule has 0 saturated heterocycles. The molecule has 1 heterocycles. The van der Waals surface area contributed by atoms with E-state index >= 15 is 0 Å². The van der Waals surface area contributed by atoms with Gasteiger partial charge in [0.05, 0.1) is 23.7 Å². The van der Waals surface area contributed by atoms with Crippen molar-refractivity contribution in [3.8, 4) is 0 Å². The first-order chi connectivity index (χ1) is 13.4. The summed E-state index contributed by atoms with van der Waals surface area (Å²) in [4.78, 5) is 40.0. The fourth-order valence-corrected chi connectivity index (χ4v) is 2.96. The standard InChI is InChI=1S/C19H22N2O7/c1-4-27-18(22)15-11-20-12(2)16(19(23)28-9-8-26-3)17(15)13-6-5-7-14(10-13)21(24)25/h5-7,10-11,15,17H,4,8-9H2,1-3H3. The summed E-state index contributed by atoms with van der Waals surface area (Å²) in [6.45, 7) is 3.68. The first-order valence-corrected chi connectivity index (χ1v) is 8.72. The zero-order valence-electron chi connectivity index (χ0n) is 15.9. The zero-order valence-corrected chi connectivity index (χ0v) is 15.9. The minimum Gasteiger partial charge on any atom is -0.465 e. The van der Waals surface area contributed by atoms with Gasteiger partial charge in [-0.2, -0.15) is 0 Å². The molecule has 1 aliphatic heterocycles. The highest BCUT2D eigenvalue weighted by molar-refractivity contribution is 5.99. The van der Waals surface area contributed by atoms with Gasteiger partial charge in [-0.25, -0.2) is 4.79 Å². The Labute approximate surface area is 162 Å². The summed E-state index contributed by atoms with van der Waals surface area (Å²) < 4.78 is 15.2. The maximum absolute atomic E-state index is 12.7. The van der Waals surface area contributed by atoms with Gasteiger partial charge in [0, 0.05) is 37.1 Å². The van der Waals surface area contributed by atoms with E-state index in [0.29, 0.717) is 11.3 Å². The van der Waals surface area contributed by atoms with E-state index in [0.717, 1.165) is 0 Å². The highest BCUT2D eigenvalue weighted by Gasteiger charge is 2.40. The number of carbonyl (C=O) groups is 2. The predicted octanol–water partition coefficient (Wildman–Crippen LogP) is 2.41. The molecular weight excluding hydrogens is 368 g/mol. The van der Waals surface area contributed by atoms with Crippen LogP contribution in [0.2, 0.25) is 0 Å². The fraction of sp³-hybridized carbons (Fsp3) is 0.421. The number of methoxy groups -OCH3 is 1. The Kier molecular flexibility index (Phi) is 7.39. The van der Waals surface area contributed by atoms with Gasteiger partial charge in [-0.3, -0.25) is 19.9 Å². The molecular formula is C19H22N2O7. The summed E-state index contributed by atoms with van der Waals surface area (Å²) in [5, 5.41) is 11.2. The van der Waals surface area contributed by atoms with Crippen LogP contribution in [-0.2, 0) is 23.8 Å². The number of carbonyl (C=O) groups excluding carboxylic acids is 2. The number of ether oxygens (including phenoxy) is 3. The number of aliphatic imine (C=N–C) groups is 1. The van der Waals surface area contributed by atoms with Crippen LogP contribution in [0, 0.1) is 16.0 Å². The first-order valence-electron chi connectivity index (χ1n) is 8.72. The number of nitro benzene ring substituents is 1. The van der Waals surface area contributed by atoms with Gasteiger partial charge in [-0.05, 0) is 19.4 Å². The van der Waals surface area contributed by atoms with Crippen LogP contribution in [0.4, 0.5) is 5.69 Å². The van der Waals surface area contributed by atoms with Crippen molar-refractivity contribution in [1.29, 1.82) is 0 Å². The normalized spacial score (nSPS) is 18.7. The number of nitrogens with zero attached hydrogens (tertiary/aromatic N) is 2. The van der Waals surface area contributed by atoms with Gasteiger partial charge in [0.2, 0.25) is 0 Å². The number of benzene rings is 1. The third-order valence-electron chi connectivity index (χ3n) is 4.23. The van der Waals surface area contributed by atoms with E-state index in [1.54, 1.807) is 19.9 Å². The largest absolute Gasteiger partial charge is 0.465 e. The van der Waals surface area contributed by atoms with Gasteiger partial charge >= 0.3 is 11.9 Å². The van der Waals surface area contributed by atoms with Crippen molar-refractivity contribution in [2.75, 3.05) is 26.9 Å². The molecule has 0 spiro atoms. The van der Waals surface area contributed by atoms with E-state index in [1.165, 1.54) is 31.5 Å². The van der Waals surface area contributed by atoms with Crippen molar-refractivity contribution in [2.24, 2.45) is 10.9 Å². The van der Waals surface area contributed by atoms with Crippen molar-refractivity contribution in [1.82, 2.24) is 0 Å². The molecule has 2 unspecified atom stereocenters. The topological polar surface area (TPSA) is 117 Å². The highest BCUT2D eigenvalue weighted by atomic mass is 16.6. The molecule has 0 saturated carbocycles. The van der Waals surface area contributed by atoms with Crippen LogP contribution >= 0.6 is 0 Å². The monoisotopic (exact) mass is 390 g/mol. The summed E-state index contributed by atoms with van der Waals surface area (Å²) in [5.74, 6) is -2.95. The molecule has 28 heavy (non-hydrogen) atoms. The van der Waals surface area contributed by atoms with E-state index in [4.69, 9.17) is 14.2 Å². The molecule has 0 radical (unpaired) electrons. The van der Waals surface area contributed by atoms with Gasteiger partial charge in [-0.1, -0.05) is 12.1 Å². The third kappa shape index (κ3) is 4.80. The van der Waals surface area contributed by atoms with Gasteiger partial charge < -0.3 is 14.2 Å². The third-order valence-corrected chi connectivity index (χ3v) is 4.23. The number of esters is 2. The number of allylic oxidation sites excluding steroid dienone is 1. The van der Waals surface area contributed by atoms with Gasteiger partial charge in [0.15, 0.2) is 0 Å². The predicted molar refractivity (Wildman–Crippen MR) is 100.0 cm³/mol. The molecule has 0 N–H and O–H groups in total. The number of rotatable bonds is 8. The summed E-state index contributed by atoms with van der Waals surface area (Å²) in [7, 11) is 1.48. The molecule has 9 nitrogen and oxygen atoms in total. The summed E-state index contributed by atoms with van der Waals surface area (Å²) >= 11 is 0. The van der Waals surface area contributed by atoms with E-state index in [2.05, 4.69) is 4.99 Å². The second-order valence-corrected chi connectivity index (χ2v) is 6.01.